The van der Waals surface area contributed by atoms with Gasteiger partial charge in [0.25, 0.3) is 0 Å². The summed E-state index contributed by atoms with van der Waals surface area (Å²) < 4.78 is 14.8. The number of halogens is 1. The van der Waals surface area contributed by atoms with Gasteiger partial charge in [-0.25, -0.2) is 4.89 Å². The molecule has 1 unspecified atom stereocenters. The third-order valence-electron chi connectivity index (χ3n) is 0.729. The van der Waals surface area contributed by atoms with Crippen molar-refractivity contribution in [2.45, 2.75) is 6.92 Å². The predicted molar refractivity (Wildman–Crippen MR) is 38.1 cm³/mol. The molecule has 0 spiro atoms. The summed E-state index contributed by atoms with van der Waals surface area (Å²) >= 11 is 5.20. The fourth-order valence-electron chi connectivity index (χ4n) is 0.204. The Morgan fingerprint density at radius 3 is 2.70 bits per heavy atom. The third kappa shape index (κ3) is 5.21. The Kier molecular flexibility index (Phi) is 5.31. The Hall–Kier alpha value is 0.400. The van der Waals surface area contributed by atoms with Crippen LogP contribution in [0.2, 0.25) is 0 Å². The zero-order chi connectivity index (χ0) is 8.04. The van der Waals surface area contributed by atoms with Gasteiger partial charge in [-0.05, 0) is 0 Å². The number of hydrogen-bond acceptors (Lipinski definition) is 3. The van der Waals surface area contributed by atoms with E-state index in [1.54, 1.807) is 0 Å². The fourth-order valence-corrected chi connectivity index (χ4v) is 0.611. The van der Waals surface area contributed by atoms with Crippen molar-refractivity contribution in [2.75, 3.05) is 18.6 Å². The van der Waals surface area contributed by atoms with Crippen LogP contribution < -0.4 is 0 Å². The van der Waals surface area contributed by atoms with Crippen LogP contribution in [-0.4, -0.2) is 23.5 Å². The lowest BCUT2D eigenvalue weighted by Gasteiger charge is -2.06. The van der Waals surface area contributed by atoms with E-state index in [1.807, 2.05) is 0 Å². The zero-order valence-electron chi connectivity index (χ0n) is 5.62. The number of alkyl halides is 1. The SMILES string of the molecule is CCP(=O)(O)OOCCCl. The molecule has 1 atom stereocenters. The van der Waals surface area contributed by atoms with Crippen LogP contribution in [-0.2, 0) is 14.1 Å². The smallest absolute Gasteiger partial charge is 0.323 e. The minimum atomic E-state index is -3.48. The molecule has 0 radical (unpaired) electrons. The molecule has 0 aliphatic rings. The second-order valence-electron chi connectivity index (χ2n) is 1.54. The second-order valence-corrected chi connectivity index (χ2v) is 3.97. The van der Waals surface area contributed by atoms with E-state index in [2.05, 4.69) is 9.56 Å². The van der Waals surface area contributed by atoms with Gasteiger partial charge < -0.3 is 4.89 Å². The summed E-state index contributed by atoms with van der Waals surface area (Å²) in [6.45, 7) is 1.65. The van der Waals surface area contributed by atoms with Crippen LogP contribution in [0, 0.1) is 0 Å². The average molecular weight is 189 g/mol. The van der Waals surface area contributed by atoms with Gasteiger partial charge >= 0.3 is 7.60 Å². The van der Waals surface area contributed by atoms with Gasteiger partial charge in [-0.1, -0.05) is 6.92 Å². The van der Waals surface area contributed by atoms with Gasteiger partial charge in [-0.2, -0.15) is 0 Å². The molecule has 0 aliphatic carbocycles. The Balaban J connectivity index is 3.38. The van der Waals surface area contributed by atoms with E-state index in [1.165, 1.54) is 6.92 Å². The second kappa shape index (κ2) is 5.10. The molecule has 10 heavy (non-hydrogen) atoms. The number of hydrogen-bond donors (Lipinski definition) is 1. The minimum Gasteiger partial charge on any atom is -0.323 e. The highest BCUT2D eigenvalue weighted by Crippen LogP contribution is 2.40. The summed E-state index contributed by atoms with van der Waals surface area (Å²) in [5.41, 5.74) is 0. The normalized spacial score (nSPS) is 16.7. The Bertz CT molecular complexity index is 128. The topological polar surface area (TPSA) is 55.8 Å². The maximum atomic E-state index is 10.6. The van der Waals surface area contributed by atoms with Gasteiger partial charge in [0.15, 0.2) is 0 Å². The molecule has 0 aromatic rings. The van der Waals surface area contributed by atoms with Crippen molar-refractivity contribution in [2.24, 2.45) is 0 Å². The Labute approximate surface area is 64.6 Å². The largest absolute Gasteiger partial charge is 0.355 e. The van der Waals surface area contributed by atoms with Gasteiger partial charge in [0.1, 0.15) is 0 Å². The van der Waals surface area contributed by atoms with Crippen molar-refractivity contribution >= 4 is 19.2 Å². The van der Waals surface area contributed by atoms with Crippen molar-refractivity contribution < 1.29 is 19.0 Å². The van der Waals surface area contributed by atoms with Crippen LogP contribution in [0.1, 0.15) is 6.92 Å². The standard InChI is InChI=1S/C4H10ClO4P/c1-2-10(6,7)9-8-4-3-5/h2-4H2,1H3,(H,6,7). The Morgan fingerprint density at radius 1 is 1.70 bits per heavy atom. The molecule has 0 saturated carbocycles. The van der Waals surface area contributed by atoms with Gasteiger partial charge in [-0.3, -0.25) is 4.57 Å². The van der Waals surface area contributed by atoms with E-state index in [9.17, 15) is 4.57 Å². The van der Waals surface area contributed by atoms with Crippen LogP contribution in [0.4, 0.5) is 0 Å². The van der Waals surface area contributed by atoms with Crippen LogP contribution in [0.5, 0.6) is 0 Å². The molecule has 6 heteroatoms. The minimum absolute atomic E-state index is 0.0370. The quantitative estimate of drug-likeness (QED) is 0.233. The molecule has 0 fully saturated rings. The van der Waals surface area contributed by atoms with Gasteiger partial charge in [0.2, 0.25) is 0 Å². The van der Waals surface area contributed by atoms with Crippen molar-refractivity contribution in [1.29, 1.82) is 0 Å². The van der Waals surface area contributed by atoms with Crippen LogP contribution in [0.3, 0.4) is 0 Å². The van der Waals surface area contributed by atoms with Crippen molar-refractivity contribution in [3.63, 3.8) is 0 Å². The van der Waals surface area contributed by atoms with E-state index < -0.39 is 7.60 Å². The molecular formula is C4H10ClO4P. The average Bonchev–Trinajstić information content (AvgIpc) is 1.89. The molecule has 0 bridgehead atoms. The lowest BCUT2D eigenvalue weighted by Crippen LogP contribution is -1.97. The Morgan fingerprint density at radius 2 is 2.30 bits per heavy atom. The van der Waals surface area contributed by atoms with Gasteiger partial charge in [-0.15, -0.1) is 16.3 Å². The molecule has 0 amide bonds. The highest BCUT2D eigenvalue weighted by atomic mass is 35.5. The van der Waals surface area contributed by atoms with Crippen molar-refractivity contribution in [3.8, 4) is 0 Å². The van der Waals surface area contributed by atoms with Crippen molar-refractivity contribution in [1.82, 2.24) is 0 Å². The molecule has 4 nitrogen and oxygen atoms in total. The van der Waals surface area contributed by atoms with E-state index >= 15 is 0 Å². The van der Waals surface area contributed by atoms with Crippen LogP contribution in [0.25, 0.3) is 0 Å². The highest BCUT2D eigenvalue weighted by molar-refractivity contribution is 7.52. The molecule has 62 valence electrons. The maximum Gasteiger partial charge on any atom is 0.355 e. The van der Waals surface area contributed by atoms with E-state index in [-0.39, 0.29) is 18.6 Å². The summed E-state index contributed by atoms with van der Waals surface area (Å²) in [4.78, 5) is 13.0. The first-order valence-electron chi connectivity index (χ1n) is 2.81. The molecule has 0 aromatic carbocycles. The van der Waals surface area contributed by atoms with Gasteiger partial charge in [0, 0.05) is 12.0 Å². The fraction of sp³-hybridized carbons (Fsp3) is 1.00. The first kappa shape index (κ1) is 10.4. The molecule has 1 N–H and O–H groups in total. The first-order chi connectivity index (χ1) is 4.62. The molecule has 0 rings (SSSR count). The monoisotopic (exact) mass is 188 g/mol. The molecule has 0 aliphatic heterocycles. The van der Waals surface area contributed by atoms with Crippen molar-refractivity contribution in [3.05, 3.63) is 0 Å². The molecule has 0 saturated heterocycles. The first-order valence-corrected chi connectivity index (χ1v) is 5.11. The molecule has 0 aromatic heterocycles. The lowest BCUT2D eigenvalue weighted by atomic mass is 10.9. The summed E-state index contributed by atoms with van der Waals surface area (Å²) in [6, 6.07) is 0. The van der Waals surface area contributed by atoms with Crippen LogP contribution in [0.15, 0.2) is 0 Å². The summed E-state index contributed by atoms with van der Waals surface area (Å²) in [7, 11) is -3.48. The highest BCUT2D eigenvalue weighted by Gasteiger charge is 2.16. The molecular weight excluding hydrogens is 178 g/mol. The maximum absolute atomic E-state index is 10.6. The van der Waals surface area contributed by atoms with E-state index in [0.29, 0.717) is 0 Å². The third-order valence-corrected chi connectivity index (χ3v) is 2.02. The predicted octanol–water partition coefficient (Wildman–Crippen LogP) is 1.38. The molecule has 0 heterocycles. The lowest BCUT2D eigenvalue weighted by molar-refractivity contribution is -0.207. The van der Waals surface area contributed by atoms with Crippen LogP contribution >= 0.6 is 19.2 Å². The summed E-state index contributed by atoms with van der Waals surface area (Å²) in [5.74, 6) is 0.240. The summed E-state index contributed by atoms with van der Waals surface area (Å²) in [6.07, 6.45) is 0.0370. The zero-order valence-corrected chi connectivity index (χ0v) is 7.27. The summed E-state index contributed by atoms with van der Waals surface area (Å²) in [5, 5.41) is 0. The van der Waals surface area contributed by atoms with E-state index in [0.717, 1.165) is 0 Å². The van der Waals surface area contributed by atoms with E-state index in [4.69, 9.17) is 16.5 Å². The van der Waals surface area contributed by atoms with Gasteiger partial charge in [0.05, 0.1) is 6.61 Å². The number of rotatable bonds is 5.